The van der Waals surface area contributed by atoms with Gasteiger partial charge < -0.3 is 15.2 Å². The molecule has 1 unspecified atom stereocenters. The van der Waals surface area contributed by atoms with Crippen molar-refractivity contribution < 1.29 is 14.6 Å². The smallest absolute Gasteiger partial charge is 0.224 e. The van der Waals surface area contributed by atoms with E-state index in [9.17, 15) is 9.90 Å². The summed E-state index contributed by atoms with van der Waals surface area (Å²) in [5.41, 5.74) is 1.77. The molecule has 1 aromatic carbocycles. The number of amides is 1. The normalized spacial score (nSPS) is 16.0. The first kappa shape index (κ1) is 12.2. The Morgan fingerprint density at radius 3 is 3.06 bits per heavy atom. The van der Waals surface area contributed by atoms with Crippen molar-refractivity contribution in [2.24, 2.45) is 0 Å². The minimum absolute atomic E-state index is 0.0236. The molecule has 4 nitrogen and oxygen atoms in total. The number of anilines is 1. The average Bonchev–Trinajstić information content (AvgIpc) is 2.35. The molecule has 1 aliphatic heterocycles. The van der Waals surface area contributed by atoms with Crippen molar-refractivity contribution in [1.29, 1.82) is 0 Å². The van der Waals surface area contributed by atoms with Gasteiger partial charge in [-0.25, -0.2) is 0 Å². The van der Waals surface area contributed by atoms with Gasteiger partial charge in [-0.2, -0.15) is 0 Å². The number of carbonyl (C=O) groups excluding carboxylic acids is 1. The molecule has 92 valence electrons. The predicted molar refractivity (Wildman–Crippen MR) is 65.6 cm³/mol. The standard InChI is InChI=1S/C12H14ClNO3/c13-6-8(15)7-17-11-3-1-2-10-9(11)4-5-12(16)14-10/h1-3,8,15H,4-7H2,(H,14,16). The number of hydrogen-bond acceptors (Lipinski definition) is 3. The lowest BCUT2D eigenvalue weighted by atomic mass is 10.0. The predicted octanol–water partition coefficient (Wildman–Crippen LogP) is 1.55. The lowest BCUT2D eigenvalue weighted by Crippen LogP contribution is -2.22. The van der Waals surface area contributed by atoms with Gasteiger partial charge in [-0.1, -0.05) is 6.07 Å². The highest BCUT2D eigenvalue weighted by Gasteiger charge is 2.18. The van der Waals surface area contributed by atoms with Crippen molar-refractivity contribution in [2.45, 2.75) is 18.9 Å². The molecule has 0 spiro atoms. The summed E-state index contributed by atoms with van der Waals surface area (Å²) in [6.45, 7) is 0.161. The van der Waals surface area contributed by atoms with Crippen LogP contribution in [0, 0.1) is 0 Å². The monoisotopic (exact) mass is 255 g/mol. The van der Waals surface area contributed by atoms with Crippen LogP contribution in [0.5, 0.6) is 5.75 Å². The fourth-order valence-electron chi connectivity index (χ4n) is 1.76. The number of nitrogens with one attached hydrogen (secondary N) is 1. The second kappa shape index (κ2) is 5.38. The number of aliphatic hydroxyl groups is 1. The summed E-state index contributed by atoms with van der Waals surface area (Å²) in [7, 11) is 0. The highest BCUT2D eigenvalue weighted by atomic mass is 35.5. The quantitative estimate of drug-likeness (QED) is 0.803. The van der Waals surface area contributed by atoms with Crippen LogP contribution in [-0.2, 0) is 11.2 Å². The van der Waals surface area contributed by atoms with Crippen LogP contribution in [0.2, 0.25) is 0 Å². The first-order chi connectivity index (χ1) is 8.20. The minimum Gasteiger partial charge on any atom is -0.490 e. The summed E-state index contributed by atoms with van der Waals surface area (Å²) < 4.78 is 5.51. The molecule has 1 heterocycles. The Hall–Kier alpha value is -1.26. The second-order valence-electron chi connectivity index (χ2n) is 3.95. The summed E-state index contributed by atoms with van der Waals surface area (Å²) in [4.78, 5) is 11.2. The molecule has 0 aromatic heterocycles. The van der Waals surface area contributed by atoms with Crippen LogP contribution in [0.25, 0.3) is 0 Å². The van der Waals surface area contributed by atoms with Crippen molar-refractivity contribution in [3.05, 3.63) is 23.8 Å². The zero-order chi connectivity index (χ0) is 12.3. The Balaban J connectivity index is 2.13. The van der Waals surface area contributed by atoms with E-state index in [2.05, 4.69) is 5.32 Å². The summed E-state index contributed by atoms with van der Waals surface area (Å²) in [6, 6.07) is 5.49. The van der Waals surface area contributed by atoms with Crippen LogP contribution in [0.4, 0.5) is 5.69 Å². The highest BCUT2D eigenvalue weighted by molar-refractivity contribution is 6.18. The van der Waals surface area contributed by atoms with E-state index in [4.69, 9.17) is 16.3 Å². The fourth-order valence-corrected chi connectivity index (χ4v) is 1.85. The molecule has 1 aromatic rings. The van der Waals surface area contributed by atoms with E-state index in [1.807, 2.05) is 18.2 Å². The van der Waals surface area contributed by atoms with Crippen molar-refractivity contribution >= 4 is 23.2 Å². The van der Waals surface area contributed by atoms with E-state index >= 15 is 0 Å². The summed E-state index contributed by atoms with van der Waals surface area (Å²) >= 11 is 5.49. The Morgan fingerprint density at radius 2 is 2.29 bits per heavy atom. The first-order valence-corrected chi connectivity index (χ1v) is 6.02. The van der Waals surface area contributed by atoms with Crippen LogP contribution >= 0.6 is 11.6 Å². The maximum atomic E-state index is 11.2. The molecule has 0 bridgehead atoms. The zero-order valence-corrected chi connectivity index (χ0v) is 10.0. The van der Waals surface area contributed by atoms with Gasteiger partial charge >= 0.3 is 0 Å². The van der Waals surface area contributed by atoms with Gasteiger partial charge in [0, 0.05) is 17.7 Å². The number of benzene rings is 1. The van der Waals surface area contributed by atoms with Crippen molar-refractivity contribution in [3.8, 4) is 5.75 Å². The molecule has 0 aliphatic carbocycles. The Labute approximate surface area is 105 Å². The SMILES string of the molecule is O=C1CCc2c(cccc2OCC(O)CCl)N1. The van der Waals surface area contributed by atoms with Gasteiger partial charge in [0.2, 0.25) is 5.91 Å². The van der Waals surface area contributed by atoms with E-state index < -0.39 is 6.10 Å². The Kier molecular flexibility index (Phi) is 3.86. The summed E-state index contributed by atoms with van der Waals surface area (Å²) in [5.74, 6) is 0.869. The van der Waals surface area contributed by atoms with Crippen molar-refractivity contribution in [3.63, 3.8) is 0 Å². The molecule has 0 saturated carbocycles. The molecule has 0 radical (unpaired) electrons. The van der Waals surface area contributed by atoms with E-state index in [1.165, 1.54) is 0 Å². The third-order valence-corrected chi connectivity index (χ3v) is 2.97. The van der Waals surface area contributed by atoms with Crippen LogP contribution in [0.15, 0.2) is 18.2 Å². The van der Waals surface area contributed by atoms with Gasteiger partial charge in [0.1, 0.15) is 18.5 Å². The molecule has 0 fully saturated rings. The summed E-state index contributed by atoms with van der Waals surface area (Å²) in [6.07, 6.45) is 0.449. The fraction of sp³-hybridized carbons (Fsp3) is 0.417. The van der Waals surface area contributed by atoms with Crippen molar-refractivity contribution in [1.82, 2.24) is 0 Å². The molecule has 2 N–H and O–H groups in total. The van der Waals surface area contributed by atoms with Gasteiger partial charge in [-0.3, -0.25) is 4.79 Å². The number of halogens is 1. The minimum atomic E-state index is -0.675. The largest absolute Gasteiger partial charge is 0.490 e. The molecule has 2 rings (SSSR count). The van der Waals surface area contributed by atoms with E-state index in [1.54, 1.807) is 0 Å². The molecule has 0 saturated heterocycles. The van der Waals surface area contributed by atoms with Gasteiger partial charge in [0.15, 0.2) is 0 Å². The Morgan fingerprint density at radius 1 is 1.47 bits per heavy atom. The third kappa shape index (κ3) is 2.90. The van der Waals surface area contributed by atoms with Crippen LogP contribution in [-0.4, -0.2) is 29.6 Å². The lowest BCUT2D eigenvalue weighted by molar-refractivity contribution is -0.116. The van der Waals surface area contributed by atoms with E-state index in [0.29, 0.717) is 18.6 Å². The molecule has 17 heavy (non-hydrogen) atoms. The Bertz CT molecular complexity index is 422. The summed E-state index contributed by atoms with van der Waals surface area (Å²) in [5, 5.41) is 12.1. The zero-order valence-electron chi connectivity index (χ0n) is 9.28. The maximum Gasteiger partial charge on any atom is 0.224 e. The van der Waals surface area contributed by atoms with Crippen LogP contribution in [0.3, 0.4) is 0 Å². The highest BCUT2D eigenvalue weighted by Crippen LogP contribution is 2.31. The topological polar surface area (TPSA) is 58.6 Å². The van der Waals surface area contributed by atoms with Crippen molar-refractivity contribution in [2.75, 3.05) is 17.8 Å². The first-order valence-electron chi connectivity index (χ1n) is 5.49. The molecule has 1 amide bonds. The number of carbonyl (C=O) groups is 1. The molecular formula is C12H14ClNO3. The van der Waals surface area contributed by atoms with Gasteiger partial charge in [-0.15, -0.1) is 11.6 Å². The van der Waals surface area contributed by atoms with Gasteiger partial charge in [0.05, 0.1) is 5.88 Å². The van der Waals surface area contributed by atoms with E-state index in [-0.39, 0.29) is 18.4 Å². The van der Waals surface area contributed by atoms with Crippen LogP contribution < -0.4 is 10.1 Å². The number of ether oxygens (including phenoxy) is 1. The molecule has 5 heteroatoms. The lowest BCUT2D eigenvalue weighted by Gasteiger charge is -2.20. The number of hydrogen-bond donors (Lipinski definition) is 2. The molecule has 1 atom stereocenters. The van der Waals surface area contributed by atoms with E-state index in [0.717, 1.165) is 11.3 Å². The molecular weight excluding hydrogens is 242 g/mol. The number of rotatable bonds is 4. The van der Waals surface area contributed by atoms with Crippen LogP contribution in [0.1, 0.15) is 12.0 Å². The maximum absolute atomic E-state index is 11.2. The average molecular weight is 256 g/mol. The number of fused-ring (bicyclic) bond motifs is 1. The molecule has 1 aliphatic rings. The number of alkyl halides is 1. The number of aliphatic hydroxyl groups excluding tert-OH is 1. The second-order valence-corrected chi connectivity index (χ2v) is 4.26. The van der Waals surface area contributed by atoms with Gasteiger partial charge in [-0.05, 0) is 18.6 Å². The third-order valence-electron chi connectivity index (χ3n) is 2.62. The van der Waals surface area contributed by atoms with Gasteiger partial charge in [0.25, 0.3) is 0 Å².